The lowest BCUT2D eigenvalue weighted by molar-refractivity contribution is -0.124. The van der Waals surface area contributed by atoms with E-state index in [0.717, 1.165) is 16.6 Å². The van der Waals surface area contributed by atoms with Crippen LogP contribution < -0.4 is 21.9 Å². The highest BCUT2D eigenvalue weighted by molar-refractivity contribution is 5.95. The quantitative estimate of drug-likeness (QED) is 0.593. The van der Waals surface area contributed by atoms with Gasteiger partial charge in [-0.15, -0.1) is 0 Å². The number of rotatable bonds is 6. The molecule has 0 atom stereocenters. The smallest absolute Gasteiger partial charge is 0.332 e. The lowest BCUT2D eigenvalue weighted by Gasteiger charge is -2.11. The van der Waals surface area contributed by atoms with E-state index >= 15 is 0 Å². The van der Waals surface area contributed by atoms with Crippen molar-refractivity contribution < 1.29 is 9.59 Å². The largest absolute Gasteiger partial charge is 0.345 e. The fourth-order valence-electron chi connectivity index (χ4n) is 3.06. The number of hydrogen-bond donors (Lipinski definition) is 2. The zero-order chi connectivity index (χ0) is 21.1. The molecule has 29 heavy (non-hydrogen) atoms. The van der Waals surface area contributed by atoms with Crippen LogP contribution in [0.3, 0.4) is 0 Å². The molecule has 0 aliphatic carbocycles. The van der Waals surface area contributed by atoms with Crippen molar-refractivity contribution in [2.45, 2.75) is 19.9 Å². The Morgan fingerprint density at radius 2 is 1.83 bits per heavy atom. The molecule has 0 radical (unpaired) electrons. The van der Waals surface area contributed by atoms with Crippen molar-refractivity contribution in [2.75, 3.05) is 11.9 Å². The number of aromatic nitrogens is 4. The van der Waals surface area contributed by atoms with Gasteiger partial charge in [-0.2, -0.15) is 0 Å². The third-order valence-corrected chi connectivity index (χ3v) is 4.62. The van der Waals surface area contributed by atoms with Gasteiger partial charge in [0.05, 0.1) is 12.9 Å². The number of aryl methyl sites for hydroxylation is 3. The Balaban J connectivity index is 1.70. The number of para-hydroxylation sites is 1. The van der Waals surface area contributed by atoms with E-state index in [9.17, 15) is 19.2 Å². The molecule has 0 saturated carbocycles. The van der Waals surface area contributed by atoms with Gasteiger partial charge < -0.3 is 15.2 Å². The molecular formula is C19H22N6O4. The summed E-state index contributed by atoms with van der Waals surface area (Å²) in [6.45, 7) is 1.20. The van der Waals surface area contributed by atoms with Gasteiger partial charge in [0.2, 0.25) is 11.8 Å². The molecule has 10 nitrogen and oxygen atoms in total. The minimum absolute atomic E-state index is 0.216. The molecular weight excluding hydrogens is 376 g/mol. The van der Waals surface area contributed by atoms with Gasteiger partial charge in [0.1, 0.15) is 6.54 Å². The molecule has 10 heteroatoms. The summed E-state index contributed by atoms with van der Waals surface area (Å²) in [4.78, 5) is 53.4. The van der Waals surface area contributed by atoms with Crippen molar-refractivity contribution in [1.29, 1.82) is 0 Å². The Kier molecular flexibility index (Phi) is 5.62. The maximum Gasteiger partial charge on any atom is 0.332 e. The van der Waals surface area contributed by atoms with Crippen LogP contribution in [0.5, 0.6) is 0 Å². The van der Waals surface area contributed by atoms with Crippen LogP contribution in [0.25, 0.3) is 11.2 Å². The standard InChI is InChI=1S/C19H22N6O4/c1-4-12-7-5-6-8-13(12)22-14(26)9-20-15(27)10-25-18(28)16-17(21-11-23(16)2)24(3)19(25)29/h5-8,11H,4,9-10H2,1-3H3,(H,20,27)(H,22,26). The lowest BCUT2D eigenvalue weighted by atomic mass is 10.1. The molecule has 0 aliphatic heterocycles. The molecule has 0 fully saturated rings. The summed E-state index contributed by atoms with van der Waals surface area (Å²) in [7, 11) is 3.11. The van der Waals surface area contributed by atoms with Gasteiger partial charge in [-0.05, 0) is 18.1 Å². The topological polar surface area (TPSA) is 120 Å². The zero-order valence-electron chi connectivity index (χ0n) is 16.4. The van der Waals surface area contributed by atoms with Crippen LogP contribution in [0.15, 0.2) is 40.2 Å². The first kappa shape index (κ1) is 20.1. The second kappa shape index (κ2) is 8.13. The first-order chi connectivity index (χ1) is 13.8. The molecule has 2 aromatic heterocycles. The number of anilines is 1. The summed E-state index contributed by atoms with van der Waals surface area (Å²) in [6, 6.07) is 7.38. The number of nitrogens with zero attached hydrogens (tertiary/aromatic N) is 4. The van der Waals surface area contributed by atoms with Gasteiger partial charge in [0.25, 0.3) is 5.56 Å². The SMILES string of the molecule is CCc1ccccc1NC(=O)CNC(=O)Cn1c(=O)c2c(ncn2C)n(C)c1=O. The Bertz CT molecular complexity index is 1200. The summed E-state index contributed by atoms with van der Waals surface area (Å²) in [6.07, 6.45) is 2.18. The Labute approximate surface area is 165 Å². The van der Waals surface area contributed by atoms with E-state index in [1.54, 1.807) is 13.1 Å². The number of hydrogen-bond acceptors (Lipinski definition) is 5. The van der Waals surface area contributed by atoms with E-state index in [1.165, 1.54) is 22.5 Å². The molecule has 0 saturated heterocycles. The van der Waals surface area contributed by atoms with E-state index in [-0.39, 0.29) is 17.7 Å². The number of benzene rings is 1. The van der Waals surface area contributed by atoms with Gasteiger partial charge in [-0.1, -0.05) is 25.1 Å². The number of imidazole rings is 1. The maximum absolute atomic E-state index is 12.6. The molecule has 0 bridgehead atoms. The predicted molar refractivity (Wildman–Crippen MR) is 108 cm³/mol. The molecule has 0 unspecified atom stereocenters. The fraction of sp³-hybridized carbons (Fsp3) is 0.316. The van der Waals surface area contributed by atoms with Crippen molar-refractivity contribution in [3.63, 3.8) is 0 Å². The number of carbonyl (C=O) groups excluding carboxylic acids is 2. The van der Waals surface area contributed by atoms with Gasteiger partial charge in [0.15, 0.2) is 11.2 Å². The van der Waals surface area contributed by atoms with Crippen molar-refractivity contribution >= 4 is 28.7 Å². The highest BCUT2D eigenvalue weighted by Gasteiger charge is 2.17. The number of fused-ring (bicyclic) bond motifs is 1. The van der Waals surface area contributed by atoms with Crippen LogP contribution in [0, 0.1) is 0 Å². The monoisotopic (exact) mass is 398 g/mol. The van der Waals surface area contributed by atoms with E-state index in [2.05, 4.69) is 15.6 Å². The molecule has 3 aromatic rings. The minimum atomic E-state index is -0.655. The summed E-state index contributed by atoms with van der Waals surface area (Å²) in [5.41, 5.74) is 0.854. The van der Waals surface area contributed by atoms with E-state index in [1.807, 2.05) is 25.1 Å². The van der Waals surface area contributed by atoms with E-state index in [4.69, 9.17) is 0 Å². The predicted octanol–water partition coefficient (Wildman–Crippen LogP) is -0.249. The summed E-state index contributed by atoms with van der Waals surface area (Å²) in [5, 5.41) is 5.18. The van der Waals surface area contributed by atoms with E-state index in [0.29, 0.717) is 5.69 Å². The Morgan fingerprint density at radius 3 is 2.55 bits per heavy atom. The van der Waals surface area contributed by atoms with Gasteiger partial charge in [-0.3, -0.25) is 19.0 Å². The van der Waals surface area contributed by atoms with Crippen molar-refractivity contribution in [3.8, 4) is 0 Å². The average Bonchev–Trinajstić information content (AvgIpc) is 3.10. The molecule has 0 spiro atoms. The normalized spacial score (nSPS) is 10.9. The van der Waals surface area contributed by atoms with Gasteiger partial charge in [-0.25, -0.2) is 14.3 Å². The minimum Gasteiger partial charge on any atom is -0.345 e. The highest BCUT2D eigenvalue weighted by atomic mass is 16.2. The van der Waals surface area contributed by atoms with Crippen LogP contribution in [-0.2, 0) is 36.6 Å². The van der Waals surface area contributed by atoms with Crippen molar-refractivity contribution in [2.24, 2.45) is 14.1 Å². The molecule has 0 aliphatic rings. The number of nitrogens with one attached hydrogen (secondary N) is 2. The van der Waals surface area contributed by atoms with Crippen molar-refractivity contribution in [1.82, 2.24) is 24.0 Å². The molecule has 2 N–H and O–H groups in total. The molecule has 2 heterocycles. The highest BCUT2D eigenvalue weighted by Crippen LogP contribution is 2.14. The van der Waals surface area contributed by atoms with Crippen LogP contribution in [0.4, 0.5) is 5.69 Å². The maximum atomic E-state index is 12.6. The lowest BCUT2D eigenvalue weighted by Crippen LogP contribution is -2.44. The Hall–Kier alpha value is -3.69. The van der Waals surface area contributed by atoms with E-state index < -0.39 is 29.6 Å². The third kappa shape index (κ3) is 3.96. The number of amides is 2. The molecule has 1 aromatic carbocycles. The van der Waals surface area contributed by atoms with Gasteiger partial charge >= 0.3 is 5.69 Å². The molecule has 3 rings (SSSR count). The van der Waals surface area contributed by atoms with Crippen LogP contribution in [-0.4, -0.2) is 37.0 Å². The second-order valence-electron chi connectivity index (χ2n) is 6.60. The van der Waals surface area contributed by atoms with Crippen molar-refractivity contribution in [3.05, 3.63) is 57.0 Å². The first-order valence-corrected chi connectivity index (χ1v) is 9.08. The fourth-order valence-corrected chi connectivity index (χ4v) is 3.06. The first-order valence-electron chi connectivity index (χ1n) is 9.08. The van der Waals surface area contributed by atoms with Crippen LogP contribution >= 0.6 is 0 Å². The Morgan fingerprint density at radius 1 is 1.10 bits per heavy atom. The van der Waals surface area contributed by atoms with Gasteiger partial charge in [0, 0.05) is 19.8 Å². The molecule has 152 valence electrons. The van der Waals surface area contributed by atoms with Crippen LogP contribution in [0.1, 0.15) is 12.5 Å². The molecule has 2 amide bonds. The summed E-state index contributed by atoms with van der Waals surface area (Å²) in [5.74, 6) is -1.02. The second-order valence-corrected chi connectivity index (χ2v) is 6.60. The average molecular weight is 398 g/mol. The zero-order valence-corrected chi connectivity index (χ0v) is 16.4. The summed E-state index contributed by atoms with van der Waals surface area (Å²) < 4.78 is 3.52. The number of carbonyl (C=O) groups is 2. The third-order valence-electron chi connectivity index (χ3n) is 4.62. The van der Waals surface area contributed by atoms with Crippen LogP contribution in [0.2, 0.25) is 0 Å². The summed E-state index contributed by atoms with van der Waals surface area (Å²) >= 11 is 0.